The molecule has 2 N–H and O–H groups in total. The molecule has 1 aliphatic carbocycles. The average Bonchev–Trinajstić information content (AvgIpc) is 2.35. The topological polar surface area (TPSA) is 58.6 Å². The lowest BCUT2D eigenvalue weighted by Gasteiger charge is -2.27. The largest absolute Gasteiger partial charge is 0.444 e. The Morgan fingerprint density at radius 3 is 2.55 bits per heavy atom. The van der Waals surface area contributed by atoms with E-state index in [1.54, 1.807) is 6.08 Å². The zero-order valence-electron chi connectivity index (χ0n) is 13.0. The molecule has 0 radical (unpaired) electrons. The van der Waals surface area contributed by atoms with Crippen molar-refractivity contribution >= 4 is 6.09 Å². The molecule has 1 saturated carbocycles. The number of carbonyl (C=O) groups is 1. The Balaban J connectivity index is 2.50. The van der Waals surface area contributed by atoms with Crippen molar-refractivity contribution in [3.05, 3.63) is 12.2 Å². The van der Waals surface area contributed by atoms with Gasteiger partial charge in [0.2, 0.25) is 0 Å². The highest BCUT2D eigenvalue weighted by Crippen LogP contribution is 2.27. The quantitative estimate of drug-likeness (QED) is 0.760. The van der Waals surface area contributed by atoms with Gasteiger partial charge in [0, 0.05) is 0 Å². The first-order valence-electron chi connectivity index (χ1n) is 7.68. The molecule has 1 rings (SSSR count). The number of ether oxygens (including phenoxy) is 1. The highest BCUT2D eigenvalue weighted by atomic mass is 16.6. The van der Waals surface area contributed by atoms with Gasteiger partial charge in [-0.05, 0) is 33.1 Å². The fourth-order valence-electron chi connectivity index (χ4n) is 2.65. The van der Waals surface area contributed by atoms with E-state index in [-0.39, 0.29) is 18.7 Å². The summed E-state index contributed by atoms with van der Waals surface area (Å²) in [5, 5.41) is 11.8. The number of alkyl carbamates (subject to hydrolysis) is 1. The Morgan fingerprint density at radius 2 is 2.00 bits per heavy atom. The van der Waals surface area contributed by atoms with Crippen LogP contribution in [0.1, 0.15) is 59.3 Å². The van der Waals surface area contributed by atoms with Crippen LogP contribution in [0.15, 0.2) is 12.2 Å². The third kappa shape index (κ3) is 7.53. The second kappa shape index (κ2) is 8.30. The predicted octanol–water partition coefficient (Wildman–Crippen LogP) is 3.40. The summed E-state index contributed by atoms with van der Waals surface area (Å²) in [6.45, 7) is 5.56. The molecule has 0 aromatic rings. The summed E-state index contributed by atoms with van der Waals surface area (Å²) in [7, 11) is 0. The summed E-state index contributed by atoms with van der Waals surface area (Å²) < 4.78 is 5.29. The average molecular weight is 283 g/mol. The van der Waals surface area contributed by atoms with Gasteiger partial charge in [0.05, 0.1) is 12.6 Å². The van der Waals surface area contributed by atoms with Crippen LogP contribution in [-0.2, 0) is 4.74 Å². The van der Waals surface area contributed by atoms with Crippen molar-refractivity contribution in [3.8, 4) is 0 Å². The zero-order chi connectivity index (χ0) is 15.0. The lowest BCUT2D eigenvalue weighted by molar-refractivity contribution is 0.0507. The van der Waals surface area contributed by atoms with E-state index in [1.807, 2.05) is 26.8 Å². The van der Waals surface area contributed by atoms with Crippen molar-refractivity contribution in [3.63, 3.8) is 0 Å². The molecule has 116 valence electrons. The van der Waals surface area contributed by atoms with E-state index < -0.39 is 5.60 Å². The Hall–Kier alpha value is -1.03. The van der Waals surface area contributed by atoms with Gasteiger partial charge >= 0.3 is 6.09 Å². The summed E-state index contributed by atoms with van der Waals surface area (Å²) in [6.07, 6.45) is 10.5. The van der Waals surface area contributed by atoms with Crippen molar-refractivity contribution < 1.29 is 14.6 Å². The molecule has 0 aromatic heterocycles. The molecule has 1 unspecified atom stereocenters. The van der Waals surface area contributed by atoms with Gasteiger partial charge in [-0.1, -0.05) is 44.3 Å². The van der Waals surface area contributed by atoms with E-state index in [4.69, 9.17) is 9.84 Å². The molecule has 0 saturated heterocycles. The van der Waals surface area contributed by atoms with Crippen LogP contribution in [0.25, 0.3) is 0 Å². The van der Waals surface area contributed by atoms with Crippen LogP contribution < -0.4 is 5.32 Å². The molecule has 1 amide bonds. The maximum absolute atomic E-state index is 11.8. The first-order chi connectivity index (χ1) is 9.40. The monoisotopic (exact) mass is 283 g/mol. The normalized spacial score (nSPS) is 19.0. The van der Waals surface area contributed by atoms with E-state index >= 15 is 0 Å². The van der Waals surface area contributed by atoms with Gasteiger partial charge in [0.1, 0.15) is 5.60 Å². The van der Waals surface area contributed by atoms with E-state index in [0.717, 1.165) is 6.42 Å². The Kier molecular flexibility index (Phi) is 7.06. The van der Waals surface area contributed by atoms with Crippen molar-refractivity contribution in [2.75, 3.05) is 6.61 Å². The molecule has 0 heterocycles. The van der Waals surface area contributed by atoms with Crippen molar-refractivity contribution in [2.24, 2.45) is 5.92 Å². The molecule has 1 atom stereocenters. The van der Waals surface area contributed by atoms with Gasteiger partial charge in [-0.25, -0.2) is 4.79 Å². The third-order valence-electron chi connectivity index (χ3n) is 3.49. The van der Waals surface area contributed by atoms with Gasteiger partial charge in [-0.3, -0.25) is 0 Å². The van der Waals surface area contributed by atoms with E-state index in [0.29, 0.717) is 5.92 Å². The van der Waals surface area contributed by atoms with Crippen LogP contribution >= 0.6 is 0 Å². The summed E-state index contributed by atoms with van der Waals surface area (Å²) in [5.41, 5.74) is -0.486. The molecule has 0 bridgehead atoms. The molecular weight excluding hydrogens is 254 g/mol. The third-order valence-corrected chi connectivity index (χ3v) is 3.49. The molecule has 0 spiro atoms. The Labute approximate surface area is 122 Å². The van der Waals surface area contributed by atoms with Crippen LogP contribution in [0.5, 0.6) is 0 Å². The van der Waals surface area contributed by atoms with Gasteiger partial charge in [-0.15, -0.1) is 0 Å². The smallest absolute Gasteiger partial charge is 0.408 e. The summed E-state index contributed by atoms with van der Waals surface area (Å²) >= 11 is 0. The van der Waals surface area contributed by atoms with Gasteiger partial charge in [0.15, 0.2) is 0 Å². The highest BCUT2D eigenvalue weighted by Gasteiger charge is 2.21. The number of aliphatic hydroxyl groups is 1. The SMILES string of the molecule is CC(C)(C)OC(=O)NC(C=CCO)CC1CCCCC1. The van der Waals surface area contributed by atoms with Crippen molar-refractivity contribution in [2.45, 2.75) is 70.9 Å². The summed E-state index contributed by atoms with van der Waals surface area (Å²) in [6, 6.07) is -0.0555. The Bertz CT molecular complexity index is 314. The number of hydrogen-bond acceptors (Lipinski definition) is 3. The minimum Gasteiger partial charge on any atom is -0.444 e. The van der Waals surface area contributed by atoms with E-state index in [1.165, 1.54) is 32.1 Å². The molecule has 4 nitrogen and oxygen atoms in total. The molecular formula is C16H29NO3. The summed E-state index contributed by atoms with van der Waals surface area (Å²) in [5.74, 6) is 0.659. The number of carbonyl (C=O) groups excluding carboxylic acids is 1. The maximum Gasteiger partial charge on any atom is 0.408 e. The molecule has 4 heteroatoms. The molecule has 20 heavy (non-hydrogen) atoms. The first kappa shape index (κ1) is 17.0. The standard InChI is InChI=1S/C16H29NO3/c1-16(2,3)20-15(19)17-14(10-7-11-18)12-13-8-5-4-6-9-13/h7,10,13-14,18H,4-6,8-9,11-12H2,1-3H3,(H,17,19). The van der Waals surface area contributed by atoms with Crippen LogP contribution in [0.3, 0.4) is 0 Å². The second-order valence-corrected chi connectivity index (χ2v) is 6.60. The number of rotatable bonds is 5. The zero-order valence-corrected chi connectivity index (χ0v) is 13.0. The number of aliphatic hydroxyl groups excluding tert-OH is 1. The summed E-state index contributed by atoms with van der Waals surface area (Å²) in [4.78, 5) is 11.8. The van der Waals surface area contributed by atoms with Crippen LogP contribution in [0.4, 0.5) is 4.79 Å². The highest BCUT2D eigenvalue weighted by molar-refractivity contribution is 5.68. The van der Waals surface area contributed by atoms with E-state index in [9.17, 15) is 4.79 Å². The van der Waals surface area contributed by atoms with Gasteiger partial charge in [0.25, 0.3) is 0 Å². The van der Waals surface area contributed by atoms with Crippen LogP contribution in [0.2, 0.25) is 0 Å². The van der Waals surface area contributed by atoms with Gasteiger partial charge < -0.3 is 15.2 Å². The van der Waals surface area contributed by atoms with E-state index in [2.05, 4.69) is 5.32 Å². The number of hydrogen-bond donors (Lipinski definition) is 2. The van der Waals surface area contributed by atoms with Crippen molar-refractivity contribution in [1.29, 1.82) is 0 Å². The molecule has 1 fully saturated rings. The molecule has 0 aromatic carbocycles. The minimum absolute atomic E-state index is 0.00281. The predicted molar refractivity (Wildman–Crippen MR) is 80.6 cm³/mol. The van der Waals surface area contributed by atoms with Crippen LogP contribution in [0, 0.1) is 5.92 Å². The number of amides is 1. The maximum atomic E-state index is 11.8. The fourth-order valence-corrected chi connectivity index (χ4v) is 2.65. The number of nitrogens with one attached hydrogen (secondary N) is 1. The van der Waals surface area contributed by atoms with Gasteiger partial charge in [-0.2, -0.15) is 0 Å². The Morgan fingerprint density at radius 1 is 1.35 bits per heavy atom. The first-order valence-corrected chi connectivity index (χ1v) is 7.68. The van der Waals surface area contributed by atoms with Crippen LogP contribution in [-0.4, -0.2) is 29.4 Å². The fraction of sp³-hybridized carbons (Fsp3) is 0.812. The van der Waals surface area contributed by atoms with Crippen molar-refractivity contribution in [1.82, 2.24) is 5.32 Å². The second-order valence-electron chi connectivity index (χ2n) is 6.60. The lowest BCUT2D eigenvalue weighted by atomic mass is 9.85. The molecule has 0 aliphatic heterocycles. The molecule has 1 aliphatic rings. The minimum atomic E-state index is -0.486. The lowest BCUT2D eigenvalue weighted by Crippen LogP contribution is -2.39.